The number of methoxy groups -OCH3 is 1. The number of aromatic nitrogens is 2. The van der Waals surface area contributed by atoms with Crippen LogP contribution in [-0.4, -0.2) is 48.2 Å². The van der Waals surface area contributed by atoms with E-state index in [2.05, 4.69) is 37.7 Å². The highest BCUT2D eigenvalue weighted by Crippen LogP contribution is 2.26. The molecule has 0 bridgehead atoms. The Hall–Kier alpha value is -0.760. The van der Waals surface area contributed by atoms with Gasteiger partial charge >= 0.3 is 0 Å². The van der Waals surface area contributed by atoms with Crippen LogP contribution in [0.1, 0.15) is 24.5 Å². The predicted molar refractivity (Wildman–Crippen MR) is 75.7 cm³/mol. The molecule has 6 nitrogen and oxygen atoms in total. The SMILES string of the molecule is CCN1CCOC(c2nc(N)c(Br)c(COC)n2)C1. The zero-order chi connectivity index (χ0) is 13.8. The van der Waals surface area contributed by atoms with Gasteiger partial charge in [-0.15, -0.1) is 0 Å². The van der Waals surface area contributed by atoms with Gasteiger partial charge in [0.1, 0.15) is 11.9 Å². The largest absolute Gasteiger partial charge is 0.383 e. The second-order valence-corrected chi connectivity index (χ2v) is 5.21. The van der Waals surface area contributed by atoms with Crippen molar-refractivity contribution < 1.29 is 9.47 Å². The third-order valence-corrected chi connectivity index (χ3v) is 3.99. The summed E-state index contributed by atoms with van der Waals surface area (Å²) in [6.45, 7) is 5.96. The molecular weight excluding hydrogens is 312 g/mol. The molecule has 2 heterocycles. The molecule has 2 N–H and O–H groups in total. The number of halogens is 1. The fourth-order valence-electron chi connectivity index (χ4n) is 2.05. The normalized spacial score (nSPS) is 20.7. The van der Waals surface area contributed by atoms with Gasteiger partial charge in [-0.2, -0.15) is 0 Å². The summed E-state index contributed by atoms with van der Waals surface area (Å²) in [6.07, 6.45) is -0.125. The average molecular weight is 331 g/mol. The van der Waals surface area contributed by atoms with Crippen molar-refractivity contribution in [3.8, 4) is 0 Å². The van der Waals surface area contributed by atoms with Gasteiger partial charge in [-0.05, 0) is 22.5 Å². The van der Waals surface area contributed by atoms with E-state index in [-0.39, 0.29) is 6.10 Å². The monoisotopic (exact) mass is 330 g/mol. The summed E-state index contributed by atoms with van der Waals surface area (Å²) < 4.78 is 11.6. The molecule has 1 aliphatic heterocycles. The molecule has 0 aromatic carbocycles. The predicted octanol–water partition coefficient (Wildman–Crippen LogP) is 1.36. The van der Waals surface area contributed by atoms with Gasteiger partial charge in [-0.25, -0.2) is 9.97 Å². The Labute approximate surface area is 121 Å². The van der Waals surface area contributed by atoms with E-state index >= 15 is 0 Å². The number of ether oxygens (including phenoxy) is 2. The maximum absolute atomic E-state index is 5.90. The van der Waals surface area contributed by atoms with Gasteiger partial charge in [0.25, 0.3) is 0 Å². The lowest BCUT2D eigenvalue weighted by molar-refractivity contribution is -0.0327. The minimum absolute atomic E-state index is 0.125. The summed E-state index contributed by atoms with van der Waals surface area (Å²) in [4.78, 5) is 11.1. The number of likely N-dealkylation sites (N-methyl/N-ethyl adjacent to an activating group) is 1. The van der Waals surface area contributed by atoms with E-state index in [0.717, 1.165) is 25.3 Å². The molecule has 1 fully saturated rings. The molecule has 1 aromatic heterocycles. The first-order valence-corrected chi connectivity index (χ1v) is 7.09. The van der Waals surface area contributed by atoms with E-state index in [4.69, 9.17) is 15.2 Å². The smallest absolute Gasteiger partial charge is 0.161 e. The van der Waals surface area contributed by atoms with Crippen LogP contribution in [0.15, 0.2) is 4.47 Å². The molecule has 2 rings (SSSR count). The molecule has 106 valence electrons. The quantitative estimate of drug-likeness (QED) is 0.898. The highest BCUT2D eigenvalue weighted by molar-refractivity contribution is 9.10. The Morgan fingerprint density at radius 2 is 2.32 bits per heavy atom. The third kappa shape index (κ3) is 3.42. The Balaban J connectivity index is 2.24. The van der Waals surface area contributed by atoms with Crippen molar-refractivity contribution in [1.82, 2.24) is 14.9 Å². The number of nitrogen functional groups attached to an aromatic ring is 1. The van der Waals surface area contributed by atoms with Gasteiger partial charge < -0.3 is 15.2 Å². The van der Waals surface area contributed by atoms with Crippen molar-refractivity contribution in [2.75, 3.05) is 39.1 Å². The van der Waals surface area contributed by atoms with Crippen molar-refractivity contribution in [3.63, 3.8) is 0 Å². The molecule has 1 aromatic rings. The molecule has 0 saturated carbocycles. The fraction of sp³-hybridized carbons (Fsp3) is 0.667. The Kier molecular flexibility index (Phi) is 5.09. The number of nitrogens with two attached hydrogens (primary N) is 1. The first-order valence-electron chi connectivity index (χ1n) is 6.30. The van der Waals surface area contributed by atoms with Crippen LogP contribution in [0, 0.1) is 0 Å². The van der Waals surface area contributed by atoms with Crippen LogP contribution in [-0.2, 0) is 16.1 Å². The second-order valence-electron chi connectivity index (χ2n) is 4.41. The summed E-state index contributed by atoms with van der Waals surface area (Å²) in [5, 5.41) is 0. The number of anilines is 1. The summed E-state index contributed by atoms with van der Waals surface area (Å²) in [5.74, 6) is 1.06. The van der Waals surface area contributed by atoms with Gasteiger partial charge in [-0.1, -0.05) is 6.92 Å². The summed E-state index contributed by atoms with van der Waals surface area (Å²) in [5.41, 5.74) is 6.65. The van der Waals surface area contributed by atoms with Crippen molar-refractivity contribution in [3.05, 3.63) is 16.0 Å². The third-order valence-electron chi connectivity index (χ3n) is 3.13. The van der Waals surface area contributed by atoms with E-state index < -0.39 is 0 Å². The van der Waals surface area contributed by atoms with Crippen LogP contribution < -0.4 is 5.73 Å². The van der Waals surface area contributed by atoms with Gasteiger partial charge in [0.15, 0.2) is 5.82 Å². The molecule has 7 heteroatoms. The zero-order valence-electron chi connectivity index (χ0n) is 11.2. The molecule has 0 amide bonds. The maximum atomic E-state index is 5.90. The minimum Gasteiger partial charge on any atom is -0.383 e. The number of nitrogens with zero attached hydrogens (tertiary/aromatic N) is 3. The van der Waals surface area contributed by atoms with Gasteiger partial charge in [0.05, 0.1) is 23.4 Å². The lowest BCUT2D eigenvalue weighted by Gasteiger charge is -2.31. The first kappa shape index (κ1) is 14.6. The highest BCUT2D eigenvalue weighted by atomic mass is 79.9. The van der Waals surface area contributed by atoms with Crippen LogP contribution >= 0.6 is 15.9 Å². The minimum atomic E-state index is -0.125. The second kappa shape index (κ2) is 6.60. The average Bonchev–Trinajstić information content (AvgIpc) is 2.44. The van der Waals surface area contributed by atoms with Crippen LogP contribution in [0.3, 0.4) is 0 Å². The number of rotatable bonds is 4. The van der Waals surface area contributed by atoms with Gasteiger partial charge in [0.2, 0.25) is 0 Å². The number of morpholine rings is 1. The van der Waals surface area contributed by atoms with E-state index in [1.165, 1.54) is 0 Å². The lowest BCUT2D eigenvalue weighted by atomic mass is 10.2. The fourth-order valence-corrected chi connectivity index (χ4v) is 2.35. The van der Waals surface area contributed by atoms with Gasteiger partial charge in [-0.3, -0.25) is 4.90 Å². The zero-order valence-corrected chi connectivity index (χ0v) is 12.8. The standard InChI is InChI=1S/C12H19BrN4O2/c1-3-17-4-5-19-9(6-17)12-15-8(7-18-2)10(13)11(14)16-12/h9H,3-7H2,1-2H3,(H2,14,15,16). The molecule has 0 radical (unpaired) electrons. The van der Waals surface area contributed by atoms with Crippen LogP contribution in [0.25, 0.3) is 0 Å². The van der Waals surface area contributed by atoms with E-state index in [9.17, 15) is 0 Å². The Bertz CT molecular complexity index is 444. The lowest BCUT2D eigenvalue weighted by Crippen LogP contribution is -2.38. The van der Waals surface area contributed by atoms with E-state index in [0.29, 0.717) is 29.3 Å². The van der Waals surface area contributed by atoms with Crippen LogP contribution in [0.5, 0.6) is 0 Å². The number of hydrogen-bond donors (Lipinski definition) is 1. The summed E-state index contributed by atoms with van der Waals surface area (Å²) in [7, 11) is 1.63. The highest BCUT2D eigenvalue weighted by Gasteiger charge is 2.24. The van der Waals surface area contributed by atoms with Crippen molar-refractivity contribution in [2.24, 2.45) is 0 Å². The van der Waals surface area contributed by atoms with Gasteiger partial charge in [0, 0.05) is 20.2 Å². The molecule has 0 spiro atoms. The van der Waals surface area contributed by atoms with E-state index in [1.54, 1.807) is 7.11 Å². The van der Waals surface area contributed by atoms with Crippen molar-refractivity contribution in [1.29, 1.82) is 0 Å². The van der Waals surface area contributed by atoms with Crippen LogP contribution in [0.4, 0.5) is 5.82 Å². The molecule has 1 atom stereocenters. The van der Waals surface area contributed by atoms with E-state index in [1.807, 2.05) is 0 Å². The Morgan fingerprint density at radius 3 is 3.00 bits per heavy atom. The maximum Gasteiger partial charge on any atom is 0.161 e. The molecule has 1 unspecified atom stereocenters. The summed E-state index contributed by atoms with van der Waals surface area (Å²) in [6, 6.07) is 0. The summed E-state index contributed by atoms with van der Waals surface area (Å²) >= 11 is 3.38. The molecule has 0 aliphatic carbocycles. The molecular formula is C12H19BrN4O2. The molecule has 1 saturated heterocycles. The van der Waals surface area contributed by atoms with Crippen molar-refractivity contribution >= 4 is 21.7 Å². The molecule has 1 aliphatic rings. The Morgan fingerprint density at radius 1 is 1.53 bits per heavy atom. The topological polar surface area (TPSA) is 73.5 Å². The molecule has 19 heavy (non-hydrogen) atoms. The number of hydrogen-bond acceptors (Lipinski definition) is 6. The van der Waals surface area contributed by atoms with Crippen molar-refractivity contribution in [2.45, 2.75) is 19.6 Å². The van der Waals surface area contributed by atoms with Crippen LogP contribution in [0.2, 0.25) is 0 Å². The first-order chi connectivity index (χ1) is 9.15.